The Kier molecular flexibility index (Phi) is 4.95. The van der Waals surface area contributed by atoms with Crippen LogP contribution in [-0.2, 0) is 0 Å². The van der Waals surface area contributed by atoms with Crippen LogP contribution in [0.3, 0.4) is 0 Å². The SMILES string of the molecule is CC(CCN)c1ccc(C2CCSC2)c(Br)c1. The molecule has 0 aliphatic carbocycles. The summed E-state index contributed by atoms with van der Waals surface area (Å²) in [4.78, 5) is 0. The van der Waals surface area contributed by atoms with E-state index in [1.54, 1.807) is 0 Å². The molecular formula is C14H20BrNS. The van der Waals surface area contributed by atoms with Crippen LogP contribution in [0, 0.1) is 0 Å². The number of hydrogen-bond acceptors (Lipinski definition) is 2. The molecule has 0 spiro atoms. The van der Waals surface area contributed by atoms with E-state index in [1.165, 1.54) is 33.5 Å². The van der Waals surface area contributed by atoms with Crippen molar-refractivity contribution < 1.29 is 0 Å². The molecule has 1 fully saturated rings. The molecule has 1 aromatic rings. The van der Waals surface area contributed by atoms with Gasteiger partial charge in [-0.2, -0.15) is 11.8 Å². The van der Waals surface area contributed by atoms with E-state index >= 15 is 0 Å². The Morgan fingerprint density at radius 1 is 1.53 bits per heavy atom. The molecule has 0 bridgehead atoms. The van der Waals surface area contributed by atoms with E-state index in [2.05, 4.69) is 52.8 Å². The van der Waals surface area contributed by atoms with E-state index in [4.69, 9.17) is 5.73 Å². The Labute approximate surface area is 117 Å². The number of benzene rings is 1. The zero-order valence-corrected chi connectivity index (χ0v) is 12.7. The lowest BCUT2D eigenvalue weighted by Gasteiger charge is -2.16. The number of thioether (sulfide) groups is 1. The molecule has 17 heavy (non-hydrogen) atoms. The Balaban J connectivity index is 2.16. The van der Waals surface area contributed by atoms with E-state index in [1.807, 2.05) is 0 Å². The molecule has 1 saturated heterocycles. The first-order chi connectivity index (χ1) is 8.22. The highest BCUT2D eigenvalue weighted by molar-refractivity contribution is 9.10. The van der Waals surface area contributed by atoms with Crippen molar-refractivity contribution in [3.05, 3.63) is 33.8 Å². The molecule has 2 atom stereocenters. The second-order valence-corrected chi connectivity index (χ2v) is 6.82. The molecule has 1 heterocycles. The molecule has 1 aromatic carbocycles. The first kappa shape index (κ1) is 13.4. The quantitative estimate of drug-likeness (QED) is 0.904. The lowest BCUT2D eigenvalue weighted by atomic mass is 9.93. The zero-order valence-electron chi connectivity index (χ0n) is 10.3. The number of nitrogens with two attached hydrogens (primary N) is 1. The van der Waals surface area contributed by atoms with Crippen molar-refractivity contribution in [2.45, 2.75) is 31.6 Å². The van der Waals surface area contributed by atoms with Gasteiger partial charge in [0.05, 0.1) is 0 Å². The van der Waals surface area contributed by atoms with Crippen LogP contribution in [0.5, 0.6) is 0 Å². The van der Waals surface area contributed by atoms with Gasteiger partial charge in [0.1, 0.15) is 0 Å². The smallest absolute Gasteiger partial charge is 0.0213 e. The molecule has 0 amide bonds. The Bertz CT molecular complexity index is 374. The molecule has 1 aliphatic rings. The summed E-state index contributed by atoms with van der Waals surface area (Å²) < 4.78 is 1.28. The fourth-order valence-corrected chi connectivity index (χ4v) is 4.35. The minimum Gasteiger partial charge on any atom is -0.330 e. The number of hydrogen-bond donors (Lipinski definition) is 1. The largest absolute Gasteiger partial charge is 0.330 e. The molecule has 94 valence electrons. The molecule has 1 aliphatic heterocycles. The highest BCUT2D eigenvalue weighted by Crippen LogP contribution is 2.37. The van der Waals surface area contributed by atoms with Gasteiger partial charge >= 0.3 is 0 Å². The van der Waals surface area contributed by atoms with E-state index in [0.29, 0.717) is 5.92 Å². The second kappa shape index (κ2) is 6.26. The van der Waals surface area contributed by atoms with Crippen molar-refractivity contribution in [1.29, 1.82) is 0 Å². The van der Waals surface area contributed by atoms with Gasteiger partial charge in [0.15, 0.2) is 0 Å². The molecule has 0 saturated carbocycles. The summed E-state index contributed by atoms with van der Waals surface area (Å²) >= 11 is 5.80. The van der Waals surface area contributed by atoms with Crippen LogP contribution in [0.1, 0.15) is 42.7 Å². The van der Waals surface area contributed by atoms with Crippen molar-refractivity contribution in [1.82, 2.24) is 0 Å². The van der Waals surface area contributed by atoms with E-state index in [-0.39, 0.29) is 0 Å². The topological polar surface area (TPSA) is 26.0 Å². The van der Waals surface area contributed by atoms with Gasteiger partial charge in [-0.3, -0.25) is 0 Å². The van der Waals surface area contributed by atoms with Crippen LogP contribution in [0.25, 0.3) is 0 Å². The Hall–Kier alpha value is 0.01000. The minimum atomic E-state index is 0.559. The van der Waals surface area contributed by atoms with Crippen LogP contribution >= 0.6 is 27.7 Å². The maximum Gasteiger partial charge on any atom is 0.0213 e. The fourth-order valence-electron chi connectivity index (χ4n) is 2.38. The van der Waals surface area contributed by atoms with Gasteiger partial charge in [0.2, 0.25) is 0 Å². The predicted molar refractivity (Wildman–Crippen MR) is 80.9 cm³/mol. The minimum absolute atomic E-state index is 0.559. The maximum atomic E-state index is 5.62. The van der Waals surface area contributed by atoms with Crippen LogP contribution in [0.4, 0.5) is 0 Å². The van der Waals surface area contributed by atoms with Gasteiger partial charge in [0, 0.05) is 10.2 Å². The molecular weight excluding hydrogens is 294 g/mol. The summed E-state index contributed by atoms with van der Waals surface area (Å²) in [5.41, 5.74) is 8.50. The number of halogens is 1. The van der Waals surface area contributed by atoms with Crippen molar-refractivity contribution in [3.63, 3.8) is 0 Å². The van der Waals surface area contributed by atoms with E-state index < -0.39 is 0 Å². The molecule has 2 rings (SSSR count). The average molecular weight is 314 g/mol. The summed E-state index contributed by atoms with van der Waals surface area (Å²) in [6.07, 6.45) is 2.38. The van der Waals surface area contributed by atoms with Gasteiger partial charge in [-0.1, -0.05) is 35.0 Å². The molecule has 2 unspecified atom stereocenters. The molecule has 0 aromatic heterocycles. The summed E-state index contributed by atoms with van der Waals surface area (Å²) in [6, 6.07) is 6.88. The molecule has 0 radical (unpaired) electrons. The van der Waals surface area contributed by atoms with Crippen molar-refractivity contribution in [2.24, 2.45) is 5.73 Å². The van der Waals surface area contributed by atoms with Crippen molar-refractivity contribution in [2.75, 3.05) is 18.1 Å². The third-order valence-corrected chi connectivity index (χ3v) is 5.41. The van der Waals surface area contributed by atoms with Crippen LogP contribution < -0.4 is 5.73 Å². The van der Waals surface area contributed by atoms with Gasteiger partial charge in [-0.15, -0.1) is 0 Å². The lowest BCUT2D eigenvalue weighted by Crippen LogP contribution is -2.05. The summed E-state index contributed by atoms with van der Waals surface area (Å²) in [7, 11) is 0. The first-order valence-corrected chi connectivity index (χ1v) is 8.24. The third kappa shape index (κ3) is 3.27. The van der Waals surface area contributed by atoms with Gasteiger partial charge in [0.25, 0.3) is 0 Å². The van der Waals surface area contributed by atoms with Crippen LogP contribution in [-0.4, -0.2) is 18.1 Å². The number of rotatable bonds is 4. The zero-order chi connectivity index (χ0) is 12.3. The highest BCUT2D eigenvalue weighted by Gasteiger charge is 2.20. The lowest BCUT2D eigenvalue weighted by molar-refractivity contribution is 0.688. The second-order valence-electron chi connectivity index (χ2n) is 4.82. The Morgan fingerprint density at radius 3 is 2.94 bits per heavy atom. The summed E-state index contributed by atoms with van der Waals surface area (Å²) in [6.45, 7) is 3.01. The Morgan fingerprint density at radius 2 is 2.35 bits per heavy atom. The van der Waals surface area contributed by atoms with E-state index in [9.17, 15) is 0 Å². The fraction of sp³-hybridized carbons (Fsp3) is 0.571. The van der Waals surface area contributed by atoms with Crippen molar-refractivity contribution >= 4 is 27.7 Å². The van der Waals surface area contributed by atoms with Gasteiger partial charge < -0.3 is 5.73 Å². The average Bonchev–Trinajstić information content (AvgIpc) is 2.82. The standard InChI is InChI=1S/C14H20BrNS/c1-10(4-6-16)11-2-3-13(14(15)8-11)12-5-7-17-9-12/h2-3,8,10,12H,4-7,9,16H2,1H3. The highest BCUT2D eigenvalue weighted by atomic mass is 79.9. The summed E-state index contributed by atoms with van der Waals surface area (Å²) in [5, 5.41) is 0. The molecule has 2 N–H and O–H groups in total. The molecule has 1 nitrogen and oxygen atoms in total. The van der Waals surface area contributed by atoms with Crippen molar-refractivity contribution in [3.8, 4) is 0 Å². The monoisotopic (exact) mass is 313 g/mol. The maximum absolute atomic E-state index is 5.62. The van der Waals surface area contributed by atoms with Crippen LogP contribution in [0.15, 0.2) is 22.7 Å². The third-order valence-electron chi connectivity index (χ3n) is 3.56. The van der Waals surface area contributed by atoms with Gasteiger partial charge in [-0.05, 0) is 54.2 Å². The molecule has 3 heteroatoms. The van der Waals surface area contributed by atoms with E-state index in [0.717, 1.165) is 18.9 Å². The summed E-state index contributed by atoms with van der Waals surface area (Å²) in [5.74, 6) is 3.88. The van der Waals surface area contributed by atoms with Gasteiger partial charge in [-0.25, -0.2) is 0 Å². The predicted octanol–water partition coefficient (Wildman–Crippen LogP) is 4.12. The first-order valence-electron chi connectivity index (χ1n) is 6.29. The normalized spacial score (nSPS) is 21.7. The van der Waals surface area contributed by atoms with Crippen LogP contribution in [0.2, 0.25) is 0 Å².